The Morgan fingerprint density at radius 3 is 2.72 bits per heavy atom. The van der Waals surface area contributed by atoms with Gasteiger partial charge >= 0.3 is 12.1 Å². The second kappa shape index (κ2) is 13.6. The molecule has 3 N–H and O–H groups in total. The highest BCUT2D eigenvalue weighted by Crippen LogP contribution is 2.40. The smallest absolute Gasteiger partial charge is 0.418 e. The molecule has 18 heteroatoms. The SMILES string of the molecule is COCC1=C(C(=O)O)N2C(=O)C(NC(=O)C(=NOC)c3csc(NC(=O)OC[n+]4cccc(C(=O)N(C)C)c4)n3)C2SC1. The third kappa shape index (κ3) is 6.92. The van der Waals surface area contributed by atoms with E-state index >= 15 is 0 Å². The Morgan fingerprint density at radius 1 is 1.28 bits per heavy atom. The number of aliphatic carboxylic acids is 1. The normalized spacial score (nSPS) is 17.9. The van der Waals surface area contributed by atoms with Crippen molar-refractivity contribution in [2.75, 3.05) is 46.0 Å². The molecule has 0 radical (unpaired) electrons. The highest BCUT2D eigenvalue weighted by molar-refractivity contribution is 8.00. The zero-order chi connectivity index (χ0) is 31.3. The average molecular weight is 635 g/mol. The van der Waals surface area contributed by atoms with Crippen molar-refractivity contribution in [2.45, 2.75) is 18.1 Å². The van der Waals surface area contributed by atoms with Gasteiger partial charge in [-0.1, -0.05) is 5.16 Å². The van der Waals surface area contributed by atoms with Crippen LogP contribution in [-0.2, 0) is 35.4 Å². The van der Waals surface area contributed by atoms with Crippen molar-refractivity contribution >= 4 is 63.7 Å². The summed E-state index contributed by atoms with van der Waals surface area (Å²) >= 11 is 2.28. The first-order valence-electron chi connectivity index (χ1n) is 12.5. The van der Waals surface area contributed by atoms with E-state index in [1.165, 1.54) is 40.8 Å². The first-order valence-corrected chi connectivity index (χ1v) is 14.4. The molecule has 2 unspecified atom stereocenters. The fourth-order valence-electron chi connectivity index (χ4n) is 4.16. The summed E-state index contributed by atoms with van der Waals surface area (Å²) in [5, 5.41) is 19.3. The molecule has 4 rings (SSSR count). The minimum Gasteiger partial charge on any atom is -0.477 e. The Morgan fingerprint density at radius 2 is 2.05 bits per heavy atom. The molecule has 4 amide bonds. The van der Waals surface area contributed by atoms with Crippen LogP contribution in [0.3, 0.4) is 0 Å². The summed E-state index contributed by atoms with van der Waals surface area (Å²) in [4.78, 5) is 73.9. The zero-order valence-electron chi connectivity index (χ0n) is 23.4. The van der Waals surface area contributed by atoms with Crippen LogP contribution in [0.15, 0.2) is 46.3 Å². The van der Waals surface area contributed by atoms with Gasteiger partial charge in [0, 0.05) is 38.4 Å². The van der Waals surface area contributed by atoms with Crippen LogP contribution in [0.2, 0.25) is 0 Å². The molecule has 16 nitrogen and oxygen atoms in total. The number of methoxy groups -OCH3 is 1. The van der Waals surface area contributed by atoms with E-state index in [0.29, 0.717) is 16.9 Å². The van der Waals surface area contributed by atoms with Crippen molar-refractivity contribution in [3.8, 4) is 0 Å². The molecule has 0 saturated carbocycles. The Labute approximate surface area is 253 Å². The molecule has 0 spiro atoms. The van der Waals surface area contributed by atoms with Gasteiger partial charge in [-0.25, -0.2) is 14.6 Å². The molecule has 2 aromatic rings. The van der Waals surface area contributed by atoms with Gasteiger partial charge in [0.2, 0.25) is 0 Å². The number of hydrogen-bond donors (Lipinski definition) is 3. The van der Waals surface area contributed by atoms with E-state index in [4.69, 9.17) is 14.3 Å². The summed E-state index contributed by atoms with van der Waals surface area (Å²) in [7, 11) is 5.91. The number of amides is 4. The monoisotopic (exact) mass is 634 g/mol. The number of oxime groups is 1. The number of fused-ring (bicyclic) bond motifs is 1. The maximum absolute atomic E-state index is 13.1. The third-order valence-electron chi connectivity index (χ3n) is 6.06. The van der Waals surface area contributed by atoms with E-state index in [0.717, 1.165) is 16.2 Å². The number of hydrogen-bond acceptors (Lipinski definition) is 12. The van der Waals surface area contributed by atoms with Crippen LogP contribution in [0.1, 0.15) is 16.1 Å². The standard InChI is InChI=1S/C25H27N7O9S2/c1-30(2)20(34)13-6-5-7-31(8-13)12-41-25(38)28-24-26-15(11-43-24)16(29-40-4)19(33)27-17-21(35)32-18(23(36)37)14(9-39-3)10-42-22(17)32/h5-8,11,17,22H,9-10,12H2,1-4H3,(H2-,26,27,28,33,36,37,38)/p+1. The molecule has 0 aromatic carbocycles. The van der Waals surface area contributed by atoms with Crippen LogP contribution in [0, 0.1) is 0 Å². The molecule has 4 heterocycles. The quantitative estimate of drug-likeness (QED) is 0.131. The first kappa shape index (κ1) is 31.4. The van der Waals surface area contributed by atoms with Crippen molar-refractivity contribution in [2.24, 2.45) is 5.16 Å². The van der Waals surface area contributed by atoms with Gasteiger partial charge in [0.1, 0.15) is 35.5 Å². The highest BCUT2D eigenvalue weighted by atomic mass is 32.2. The maximum Gasteiger partial charge on any atom is 0.418 e. The van der Waals surface area contributed by atoms with Gasteiger partial charge in [-0.15, -0.1) is 23.1 Å². The van der Waals surface area contributed by atoms with Crippen molar-refractivity contribution in [3.05, 3.63) is 52.4 Å². The molecule has 43 heavy (non-hydrogen) atoms. The number of carboxylic acid groups (broad SMARTS) is 1. The first-order chi connectivity index (χ1) is 20.5. The van der Waals surface area contributed by atoms with E-state index < -0.39 is 35.3 Å². The Bertz CT molecular complexity index is 1510. The van der Waals surface area contributed by atoms with Crippen molar-refractivity contribution in [3.63, 3.8) is 0 Å². The number of β-lactam (4-membered cyclic amide) rings is 1. The van der Waals surface area contributed by atoms with E-state index in [1.54, 1.807) is 38.6 Å². The predicted molar refractivity (Wildman–Crippen MR) is 152 cm³/mol. The molecule has 2 aromatic heterocycles. The van der Waals surface area contributed by atoms with Gasteiger partial charge in [-0.05, 0) is 11.6 Å². The Hall–Kier alpha value is -4.55. The van der Waals surface area contributed by atoms with Gasteiger partial charge in [-0.2, -0.15) is 4.57 Å². The van der Waals surface area contributed by atoms with Gasteiger partial charge in [0.15, 0.2) is 23.2 Å². The summed E-state index contributed by atoms with van der Waals surface area (Å²) < 4.78 is 11.8. The van der Waals surface area contributed by atoms with Crippen LogP contribution >= 0.6 is 23.1 Å². The fourth-order valence-corrected chi connectivity index (χ4v) is 6.17. The molecule has 1 saturated heterocycles. The number of nitrogens with zero attached hydrogens (tertiary/aromatic N) is 5. The lowest BCUT2D eigenvalue weighted by Gasteiger charge is -2.49. The summed E-state index contributed by atoms with van der Waals surface area (Å²) in [6, 6.07) is 2.28. The summed E-state index contributed by atoms with van der Waals surface area (Å²) in [6.45, 7) is -0.126. The molecule has 1 fully saturated rings. The van der Waals surface area contributed by atoms with Crippen molar-refractivity contribution < 1.29 is 48.0 Å². The Balaban J connectivity index is 1.37. The molecular formula is C25H28N7O9S2+. The molecule has 228 valence electrons. The van der Waals surface area contributed by atoms with E-state index in [1.807, 2.05) is 0 Å². The molecule has 2 aliphatic heterocycles. The van der Waals surface area contributed by atoms with Crippen LogP contribution in [0.25, 0.3) is 0 Å². The van der Waals surface area contributed by atoms with Gasteiger partial charge in [0.05, 0.1) is 6.61 Å². The van der Waals surface area contributed by atoms with Crippen LogP contribution in [0.5, 0.6) is 0 Å². The number of anilines is 1. The highest BCUT2D eigenvalue weighted by Gasteiger charge is 2.54. The number of ether oxygens (including phenoxy) is 2. The molecule has 2 aliphatic rings. The van der Waals surface area contributed by atoms with E-state index in [9.17, 15) is 29.1 Å². The lowest BCUT2D eigenvalue weighted by atomic mass is 10.0. The number of aromatic nitrogens is 2. The lowest BCUT2D eigenvalue weighted by Crippen LogP contribution is -2.71. The second-order valence-corrected chi connectivity index (χ2v) is 11.2. The summed E-state index contributed by atoms with van der Waals surface area (Å²) in [5.74, 6) is -2.53. The topological polar surface area (TPSA) is 193 Å². The Kier molecular flexibility index (Phi) is 9.94. The number of thioether (sulfide) groups is 1. The number of carbonyl (C=O) groups excluding carboxylic acids is 4. The number of carboxylic acids is 1. The molecule has 2 atom stereocenters. The number of pyridine rings is 1. The molecule has 0 bridgehead atoms. The van der Waals surface area contributed by atoms with Gasteiger partial charge < -0.3 is 29.6 Å². The second-order valence-electron chi connectivity index (χ2n) is 9.20. The molecular weight excluding hydrogens is 606 g/mol. The fraction of sp³-hybridized carbons (Fsp3) is 0.360. The van der Waals surface area contributed by atoms with Crippen molar-refractivity contribution in [1.29, 1.82) is 0 Å². The van der Waals surface area contributed by atoms with Crippen LogP contribution in [0.4, 0.5) is 9.93 Å². The number of rotatable bonds is 11. The number of nitrogens with one attached hydrogen (secondary N) is 2. The summed E-state index contributed by atoms with van der Waals surface area (Å²) in [6.07, 6.45) is 2.33. The maximum atomic E-state index is 13.1. The predicted octanol–water partition coefficient (Wildman–Crippen LogP) is 0.0741. The molecule has 0 aliphatic carbocycles. The largest absolute Gasteiger partial charge is 0.477 e. The van der Waals surface area contributed by atoms with Crippen LogP contribution in [-0.4, -0.2) is 107 Å². The zero-order valence-corrected chi connectivity index (χ0v) is 25.1. The number of carbonyl (C=O) groups is 5. The van der Waals surface area contributed by atoms with Gasteiger partial charge in [-0.3, -0.25) is 24.6 Å². The van der Waals surface area contributed by atoms with Crippen molar-refractivity contribution in [1.82, 2.24) is 20.1 Å². The average Bonchev–Trinajstić information content (AvgIpc) is 3.44. The third-order valence-corrected chi connectivity index (χ3v) is 8.16. The number of thiazole rings is 1. The van der Waals surface area contributed by atoms with Crippen LogP contribution < -0.4 is 15.2 Å². The minimum atomic E-state index is -1.26. The lowest BCUT2D eigenvalue weighted by molar-refractivity contribution is -0.727. The van der Waals surface area contributed by atoms with Gasteiger partial charge in [0.25, 0.3) is 24.5 Å². The summed E-state index contributed by atoms with van der Waals surface area (Å²) in [5.41, 5.74) is 0.514. The van der Waals surface area contributed by atoms with E-state index in [-0.39, 0.29) is 41.5 Å². The van der Waals surface area contributed by atoms with E-state index in [2.05, 4.69) is 20.8 Å². The minimum absolute atomic E-state index is 0.0531.